The van der Waals surface area contributed by atoms with E-state index in [1.807, 2.05) is 12.1 Å². The molecule has 3 heterocycles. The Hall–Kier alpha value is -4.66. The third kappa shape index (κ3) is 10.6. The standard InChI is InChI=1S/C50H64ClN5O3/c1-35-18-22-42-40(32-35)49(3,4)44(55(42)30-11-7-9-16-46(57)54-53-34-37-26-28-52-29-27-37)24-20-38-14-13-15-39(48(38)51)21-25-45-50(5,6)41-33-36(2)19-23-43(41)56(45)31-12-8-10-17-47(58)59/h18-19,21-29,32-33,53H,7-17,20,30-31,34H2,1-6H3,(H,54,57)(H,58,59). The first-order valence-electron chi connectivity index (χ1n) is 21.7. The first-order chi connectivity index (χ1) is 28.3. The van der Waals surface area contributed by atoms with E-state index >= 15 is 0 Å². The minimum atomic E-state index is -0.727. The van der Waals surface area contributed by atoms with Crippen molar-refractivity contribution >= 4 is 34.9 Å². The number of hydrogen-bond acceptors (Lipinski definition) is 6. The lowest BCUT2D eigenvalue weighted by Gasteiger charge is -2.28. The Morgan fingerprint density at radius 1 is 0.780 bits per heavy atom. The normalized spacial score (nSPS) is 18.9. The van der Waals surface area contributed by atoms with Crippen LogP contribution in [0.25, 0.3) is 0 Å². The van der Waals surface area contributed by atoms with E-state index in [9.17, 15) is 9.59 Å². The highest BCUT2D eigenvalue weighted by Crippen LogP contribution is 2.50. The van der Waals surface area contributed by atoms with Crippen molar-refractivity contribution in [1.29, 1.82) is 0 Å². The smallest absolute Gasteiger partial charge is 0.303 e. The Labute approximate surface area is 357 Å². The second kappa shape index (κ2) is 19.6. The number of hydrogen-bond donors (Lipinski definition) is 3. The number of nitrogens with zero attached hydrogens (tertiary/aromatic N) is 3. The van der Waals surface area contributed by atoms with Crippen LogP contribution in [0.5, 0.6) is 0 Å². The summed E-state index contributed by atoms with van der Waals surface area (Å²) in [6.07, 6.45) is 20.3. The summed E-state index contributed by atoms with van der Waals surface area (Å²) >= 11 is 7.34. The molecule has 0 atom stereocenters. The number of anilines is 2. The van der Waals surface area contributed by atoms with E-state index in [1.165, 1.54) is 56.2 Å². The van der Waals surface area contributed by atoms with E-state index in [0.29, 0.717) is 19.4 Å². The van der Waals surface area contributed by atoms with Crippen LogP contribution in [0.1, 0.15) is 133 Å². The van der Waals surface area contributed by atoms with E-state index in [-0.39, 0.29) is 23.2 Å². The van der Waals surface area contributed by atoms with Gasteiger partial charge < -0.3 is 14.9 Å². The van der Waals surface area contributed by atoms with Crippen molar-refractivity contribution in [3.05, 3.63) is 135 Å². The van der Waals surface area contributed by atoms with Crippen LogP contribution in [0.4, 0.5) is 11.4 Å². The van der Waals surface area contributed by atoms with Crippen LogP contribution in [-0.2, 0) is 27.0 Å². The number of halogens is 1. The van der Waals surface area contributed by atoms with Gasteiger partial charge in [-0.25, -0.2) is 5.43 Å². The van der Waals surface area contributed by atoms with Crippen molar-refractivity contribution in [2.24, 2.45) is 0 Å². The summed E-state index contributed by atoms with van der Waals surface area (Å²) in [6.45, 7) is 15.9. The van der Waals surface area contributed by atoms with Gasteiger partial charge in [0.1, 0.15) is 0 Å². The van der Waals surface area contributed by atoms with Crippen molar-refractivity contribution < 1.29 is 14.7 Å². The number of rotatable bonds is 18. The number of unbranched alkanes of at least 4 members (excludes halogenated alkanes) is 4. The summed E-state index contributed by atoms with van der Waals surface area (Å²) in [5.41, 5.74) is 19.4. The number of carboxylic acid groups (broad SMARTS) is 1. The van der Waals surface area contributed by atoms with E-state index in [1.54, 1.807) is 12.4 Å². The number of fused-ring (bicyclic) bond motifs is 2. The van der Waals surface area contributed by atoms with Gasteiger partial charge in [-0.1, -0.05) is 99.7 Å². The number of aryl methyl sites for hydroxylation is 2. The molecule has 0 bridgehead atoms. The molecule has 0 fully saturated rings. The minimum absolute atomic E-state index is 0.0134. The molecular weight excluding hydrogens is 754 g/mol. The molecule has 2 aromatic carbocycles. The highest BCUT2D eigenvalue weighted by molar-refractivity contribution is 6.32. The van der Waals surface area contributed by atoms with Crippen molar-refractivity contribution in [2.75, 3.05) is 22.9 Å². The van der Waals surface area contributed by atoms with Gasteiger partial charge in [0, 0.05) is 83.5 Å². The summed E-state index contributed by atoms with van der Waals surface area (Å²) in [7, 11) is 0. The molecule has 314 valence electrons. The monoisotopic (exact) mass is 817 g/mol. The maximum absolute atomic E-state index is 12.5. The topological polar surface area (TPSA) is 97.8 Å². The number of nitrogens with one attached hydrogen (secondary N) is 2. The van der Waals surface area contributed by atoms with Crippen molar-refractivity contribution in [3.8, 4) is 0 Å². The van der Waals surface area contributed by atoms with Crippen molar-refractivity contribution in [3.63, 3.8) is 0 Å². The first-order valence-corrected chi connectivity index (χ1v) is 22.0. The molecular formula is C50H64ClN5O3. The lowest BCUT2D eigenvalue weighted by Crippen LogP contribution is -2.36. The van der Waals surface area contributed by atoms with Gasteiger partial charge >= 0.3 is 5.97 Å². The molecule has 3 N–H and O–H groups in total. The number of amides is 1. The molecule has 8 nitrogen and oxygen atoms in total. The number of pyridine rings is 1. The average Bonchev–Trinajstić information content (AvgIpc) is 3.54. The molecule has 0 spiro atoms. The number of benzene rings is 2. The fraction of sp³-hybridized carbons (Fsp3) is 0.460. The molecule has 0 saturated carbocycles. The van der Waals surface area contributed by atoms with Gasteiger partial charge in [-0.05, 0) is 123 Å². The molecule has 6 rings (SSSR count). The fourth-order valence-corrected chi connectivity index (χ4v) is 9.41. The van der Waals surface area contributed by atoms with Gasteiger partial charge in [-0.15, -0.1) is 0 Å². The maximum atomic E-state index is 12.5. The van der Waals surface area contributed by atoms with Crippen LogP contribution in [0.15, 0.2) is 107 Å². The Morgan fingerprint density at radius 3 is 2.00 bits per heavy atom. The number of aromatic nitrogens is 1. The molecule has 3 aromatic rings. The predicted octanol–water partition coefficient (Wildman–Crippen LogP) is 11.4. The maximum Gasteiger partial charge on any atom is 0.303 e. The van der Waals surface area contributed by atoms with Crippen LogP contribution < -0.4 is 20.7 Å². The Kier molecular flexibility index (Phi) is 14.6. The van der Waals surface area contributed by atoms with Gasteiger partial charge in [0.25, 0.3) is 0 Å². The summed E-state index contributed by atoms with van der Waals surface area (Å²) in [5.74, 6) is -0.714. The molecule has 3 aliphatic rings. The molecule has 1 aliphatic carbocycles. The molecule has 0 unspecified atom stereocenters. The third-order valence-corrected chi connectivity index (χ3v) is 12.9. The van der Waals surface area contributed by atoms with Crippen LogP contribution in [0.3, 0.4) is 0 Å². The molecule has 1 amide bonds. The zero-order valence-corrected chi connectivity index (χ0v) is 36.9. The van der Waals surface area contributed by atoms with Crippen molar-refractivity contribution in [1.82, 2.24) is 15.8 Å². The number of aliphatic carboxylic acids is 1. The fourth-order valence-electron chi connectivity index (χ4n) is 9.08. The van der Waals surface area contributed by atoms with Gasteiger partial charge in [-0.3, -0.25) is 20.0 Å². The van der Waals surface area contributed by atoms with Gasteiger partial charge in [0.05, 0.1) is 0 Å². The van der Waals surface area contributed by atoms with E-state index in [0.717, 1.165) is 81.5 Å². The second-order valence-electron chi connectivity index (χ2n) is 17.7. The number of allylic oxidation sites excluding steroid dienone is 8. The molecule has 0 saturated heterocycles. The number of carboxylic acids is 1. The highest BCUT2D eigenvalue weighted by atomic mass is 35.5. The lowest BCUT2D eigenvalue weighted by molar-refractivity contribution is -0.137. The van der Waals surface area contributed by atoms with Crippen LogP contribution >= 0.6 is 11.6 Å². The van der Waals surface area contributed by atoms with Gasteiger partial charge in [0.2, 0.25) is 5.91 Å². The summed E-state index contributed by atoms with van der Waals surface area (Å²) in [4.78, 5) is 32.6. The summed E-state index contributed by atoms with van der Waals surface area (Å²) in [6, 6.07) is 17.4. The zero-order valence-electron chi connectivity index (χ0n) is 36.1. The third-order valence-electron chi connectivity index (χ3n) is 12.4. The van der Waals surface area contributed by atoms with Gasteiger partial charge in [-0.2, -0.15) is 0 Å². The Bertz CT molecular complexity index is 2120. The van der Waals surface area contributed by atoms with E-state index < -0.39 is 5.97 Å². The highest BCUT2D eigenvalue weighted by Gasteiger charge is 2.41. The quantitative estimate of drug-likeness (QED) is 0.0868. The molecule has 0 radical (unpaired) electrons. The molecule has 9 heteroatoms. The largest absolute Gasteiger partial charge is 0.481 e. The lowest BCUT2D eigenvalue weighted by atomic mass is 9.82. The molecule has 1 aromatic heterocycles. The SMILES string of the molecule is Cc1ccc2c(c1)C(C)(C)C(=CC=C1CCCC(CC=C3N(CCCCCC(=O)NNCc4ccncc4)c4ccc(C)cc4C3(C)C)=C1Cl)N2CCCCCC(=O)O. The number of carbonyl (C=O) groups excluding carboxylic acids is 1. The number of hydrazine groups is 1. The first kappa shape index (κ1) is 43.9. The number of carbonyl (C=O) groups is 2. The van der Waals surface area contributed by atoms with Crippen LogP contribution in [0, 0.1) is 13.8 Å². The summed E-state index contributed by atoms with van der Waals surface area (Å²) in [5, 5.41) is 10.0. The van der Waals surface area contributed by atoms with Crippen LogP contribution in [0.2, 0.25) is 0 Å². The Balaban J connectivity index is 1.15. The summed E-state index contributed by atoms with van der Waals surface area (Å²) < 4.78 is 0. The second-order valence-corrected chi connectivity index (χ2v) is 18.1. The minimum Gasteiger partial charge on any atom is -0.481 e. The predicted molar refractivity (Wildman–Crippen MR) is 242 cm³/mol. The average molecular weight is 819 g/mol. The Morgan fingerprint density at radius 2 is 1.37 bits per heavy atom. The van der Waals surface area contributed by atoms with Gasteiger partial charge in [0.15, 0.2) is 0 Å². The zero-order chi connectivity index (χ0) is 42.2. The van der Waals surface area contributed by atoms with Crippen molar-refractivity contribution in [2.45, 2.75) is 136 Å². The molecule has 59 heavy (non-hydrogen) atoms. The molecule has 2 aliphatic heterocycles. The van der Waals surface area contributed by atoms with Crippen LogP contribution in [-0.4, -0.2) is 35.1 Å². The van der Waals surface area contributed by atoms with E-state index in [4.69, 9.17) is 16.7 Å². The van der Waals surface area contributed by atoms with E-state index in [2.05, 4.69) is 122 Å².